The fraction of sp³-hybridized carbons (Fsp3) is 0.273. The molecule has 26 heavy (non-hydrogen) atoms. The maximum atomic E-state index is 13.2. The molecule has 1 atom stereocenters. The molecule has 2 nitrogen and oxygen atoms in total. The highest BCUT2D eigenvalue weighted by Gasteiger charge is 2.26. The summed E-state index contributed by atoms with van der Waals surface area (Å²) in [6.07, 6.45) is 3.16. The van der Waals surface area contributed by atoms with E-state index in [1.807, 2.05) is 18.2 Å². The number of hydrogen-bond donors (Lipinski definition) is 0. The Bertz CT molecular complexity index is 1000. The first-order valence-corrected chi connectivity index (χ1v) is 9.27. The van der Waals surface area contributed by atoms with Gasteiger partial charge in [-0.2, -0.15) is 0 Å². The van der Waals surface area contributed by atoms with Crippen LogP contribution in [0.1, 0.15) is 30.7 Å². The maximum Gasteiger partial charge on any atom is 0.123 e. The molecule has 0 N–H and O–H groups in total. The lowest BCUT2D eigenvalue weighted by molar-refractivity contribution is 0.230. The molecule has 0 bridgehead atoms. The number of benzene rings is 2. The van der Waals surface area contributed by atoms with Crippen molar-refractivity contribution in [2.45, 2.75) is 32.9 Å². The van der Waals surface area contributed by atoms with Crippen LogP contribution in [0.4, 0.5) is 4.39 Å². The molecule has 0 fully saturated rings. The van der Waals surface area contributed by atoms with Crippen LogP contribution in [0.25, 0.3) is 22.7 Å². The summed E-state index contributed by atoms with van der Waals surface area (Å²) in [6, 6.07) is 13.3. The predicted octanol–water partition coefficient (Wildman–Crippen LogP) is 5.83. The van der Waals surface area contributed by atoms with Crippen LogP contribution in [0, 0.1) is 5.82 Å². The van der Waals surface area contributed by atoms with Crippen molar-refractivity contribution in [3.63, 3.8) is 0 Å². The van der Waals surface area contributed by atoms with Crippen molar-refractivity contribution in [2.75, 3.05) is 7.05 Å². The lowest BCUT2D eigenvalue weighted by Crippen LogP contribution is -2.35. The Kier molecular flexibility index (Phi) is 4.37. The second-order valence-corrected chi connectivity index (χ2v) is 7.68. The predicted molar refractivity (Wildman–Crippen MR) is 108 cm³/mol. The Balaban J connectivity index is 1.90. The number of allylic oxidation sites excluding steroid dienone is 1. The molecular weight excluding hydrogens is 347 g/mol. The molecule has 1 aliphatic rings. The van der Waals surface area contributed by atoms with E-state index < -0.39 is 0 Å². The quantitative estimate of drug-likeness (QED) is 0.552. The molecule has 1 aromatic heterocycles. The zero-order valence-electron chi connectivity index (χ0n) is 15.3. The minimum Gasteiger partial charge on any atom is -0.320 e. The van der Waals surface area contributed by atoms with Crippen LogP contribution in [0.2, 0.25) is 5.02 Å². The van der Waals surface area contributed by atoms with Gasteiger partial charge in [-0.3, -0.25) is 4.90 Å². The smallest absolute Gasteiger partial charge is 0.123 e. The van der Waals surface area contributed by atoms with E-state index in [9.17, 15) is 4.39 Å². The van der Waals surface area contributed by atoms with E-state index in [1.54, 1.807) is 0 Å². The van der Waals surface area contributed by atoms with Gasteiger partial charge in [0.25, 0.3) is 0 Å². The van der Waals surface area contributed by atoms with Crippen molar-refractivity contribution in [3.05, 3.63) is 70.1 Å². The molecule has 2 aromatic carbocycles. The number of rotatable bonds is 2. The normalized spacial score (nSPS) is 18.3. The summed E-state index contributed by atoms with van der Waals surface area (Å²) in [5.41, 5.74) is 5.99. The SMILES string of the molecule is CC(=Cn1c2c(c3cc(Cl)ccc31)CN(C)C(C)C2)c1ccc(F)cc1. The van der Waals surface area contributed by atoms with Gasteiger partial charge in [0.05, 0.1) is 5.52 Å². The van der Waals surface area contributed by atoms with Crippen LogP contribution in [-0.4, -0.2) is 22.6 Å². The lowest BCUT2D eigenvalue weighted by Gasteiger charge is -2.30. The van der Waals surface area contributed by atoms with Crippen LogP contribution < -0.4 is 0 Å². The third kappa shape index (κ3) is 2.95. The molecule has 0 aliphatic carbocycles. The highest BCUT2D eigenvalue weighted by Crippen LogP contribution is 2.35. The number of halogens is 2. The molecule has 0 spiro atoms. The van der Waals surface area contributed by atoms with Gasteiger partial charge in [-0.05, 0) is 67.9 Å². The minimum atomic E-state index is -0.211. The third-order valence-electron chi connectivity index (χ3n) is 5.45. The van der Waals surface area contributed by atoms with Gasteiger partial charge in [-0.25, -0.2) is 4.39 Å². The zero-order chi connectivity index (χ0) is 18.4. The highest BCUT2D eigenvalue weighted by molar-refractivity contribution is 6.31. The summed E-state index contributed by atoms with van der Waals surface area (Å²) in [5.74, 6) is -0.211. The first-order chi connectivity index (χ1) is 12.4. The summed E-state index contributed by atoms with van der Waals surface area (Å²) in [7, 11) is 2.17. The van der Waals surface area contributed by atoms with Crippen molar-refractivity contribution in [2.24, 2.45) is 0 Å². The fourth-order valence-corrected chi connectivity index (χ4v) is 3.95. The van der Waals surface area contributed by atoms with Gasteiger partial charge in [0, 0.05) is 41.3 Å². The van der Waals surface area contributed by atoms with E-state index in [0.29, 0.717) is 6.04 Å². The van der Waals surface area contributed by atoms with E-state index in [4.69, 9.17) is 11.6 Å². The number of nitrogens with zero attached hydrogens (tertiary/aromatic N) is 2. The van der Waals surface area contributed by atoms with E-state index in [1.165, 1.54) is 34.3 Å². The van der Waals surface area contributed by atoms with E-state index >= 15 is 0 Å². The second kappa shape index (κ2) is 6.57. The number of fused-ring (bicyclic) bond motifs is 3. The van der Waals surface area contributed by atoms with Crippen LogP contribution in [0.3, 0.4) is 0 Å². The Morgan fingerprint density at radius 1 is 1.19 bits per heavy atom. The molecule has 4 rings (SSSR count). The first-order valence-electron chi connectivity index (χ1n) is 8.90. The van der Waals surface area contributed by atoms with Gasteiger partial charge in [-0.15, -0.1) is 0 Å². The van der Waals surface area contributed by atoms with Crippen LogP contribution in [-0.2, 0) is 13.0 Å². The summed E-state index contributed by atoms with van der Waals surface area (Å²) < 4.78 is 15.5. The lowest BCUT2D eigenvalue weighted by atomic mass is 10.00. The summed E-state index contributed by atoms with van der Waals surface area (Å²) in [6.45, 7) is 5.25. The number of likely N-dealkylation sites (N-methyl/N-ethyl adjacent to an activating group) is 1. The molecule has 0 radical (unpaired) electrons. The van der Waals surface area contributed by atoms with Crippen molar-refractivity contribution in [1.29, 1.82) is 0 Å². The molecular formula is C22H22ClFN2. The van der Waals surface area contributed by atoms with Crippen molar-refractivity contribution >= 4 is 34.3 Å². The summed E-state index contributed by atoms with van der Waals surface area (Å²) >= 11 is 6.28. The van der Waals surface area contributed by atoms with E-state index in [2.05, 4.69) is 48.7 Å². The van der Waals surface area contributed by atoms with Crippen LogP contribution in [0.15, 0.2) is 42.5 Å². The van der Waals surface area contributed by atoms with Gasteiger partial charge in [0.2, 0.25) is 0 Å². The van der Waals surface area contributed by atoms with Crippen molar-refractivity contribution in [3.8, 4) is 0 Å². The van der Waals surface area contributed by atoms with E-state index in [-0.39, 0.29) is 5.82 Å². The minimum absolute atomic E-state index is 0.211. The van der Waals surface area contributed by atoms with Crippen LogP contribution in [0.5, 0.6) is 0 Å². The maximum absolute atomic E-state index is 13.2. The first kappa shape index (κ1) is 17.3. The van der Waals surface area contributed by atoms with Gasteiger partial charge in [-0.1, -0.05) is 23.7 Å². The van der Waals surface area contributed by atoms with Gasteiger partial charge in [0.1, 0.15) is 5.82 Å². The molecule has 2 heterocycles. The Morgan fingerprint density at radius 3 is 2.65 bits per heavy atom. The average Bonchev–Trinajstić information content (AvgIpc) is 2.88. The van der Waals surface area contributed by atoms with E-state index in [0.717, 1.165) is 29.1 Å². The molecule has 3 aromatic rings. The molecule has 0 amide bonds. The Labute approximate surface area is 158 Å². The third-order valence-corrected chi connectivity index (χ3v) is 5.69. The zero-order valence-corrected chi connectivity index (χ0v) is 16.0. The van der Waals surface area contributed by atoms with Gasteiger partial charge < -0.3 is 4.57 Å². The highest BCUT2D eigenvalue weighted by atomic mass is 35.5. The molecule has 0 saturated heterocycles. The standard InChI is InChI=1S/C22H22ClFN2/c1-14(16-4-7-18(24)8-5-16)12-26-21-9-6-17(23)11-19(21)20-13-25(3)15(2)10-22(20)26/h4-9,11-12,15H,10,13H2,1-3H3. The molecule has 134 valence electrons. The van der Waals surface area contributed by atoms with Gasteiger partial charge >= 0.3 is 0 Å². The van der Waals surface area contributed by atoms with Crippen molar-refractivity contribution in [1.82, 2.24) is 9.47 Å². The summed E-state index contributed by atoms with van der Waals surface area (Å²) in [5, 5.41) is 1.98. The topological polar surface area (TPSA) is 8.17 Å². The molecule has 0 saturated carbocycles. The monoisotopic (exact) mass is 368 g/mol. The number of aromatic nitrogens is 1. The molecule has 1 aliphatic heterocycles. The second-order valence-electron chi connectivity index (χ2n) is 7.24. The number of hydrogen-bond acceptors (Lipinski definition) is 1. The van der Waals surface area contributed by atoms with Gasteiger partial charge in [0.15, 0.2) is 0 Å². The summed E-state index contributed by atoms with van der Waals surface area (Å²) in [4.78, 5) is 2.38. The largest absolute Gasteiger partial charge is 0.320 e. The Hall–Kier alpha value is -2.10. The Morgan fingerprint density at radius 2 is 1.92 bits per heavy atom. The molecule has 1 unspecified atom stereocenters. The fourth-order valence-electron chi connectivity index (χ4n) is 3.77. The van der Waals surface area contributed by atoms with Crippen LogP contribution >= 0.6 is 11.6 Å². The molecule has 4 heteroatoms. The van der Waals surface area contributed by atoms with Crippen molar-refractivity contribution < 1.29 is 4.39 Å². The average molecular weight is 369 g/mol.